The maximum atomic E-state index is 13.9. The van der Waals surface area contributed by atoms with Gasteiger partial charge in [0.05, 0.1) is 29.4 Å². The van der Waals surface area contributed by atoms with Crippen LogP contribution in [0.2, 0.25) is 0 Å². The number of aromatic nitrogens is 3. The normalized spacial score (nSPS) is 11.0. The molecule has 0 saturated heterocycles. The number of furan rings is 1. The minimum Gasteiger partial charge on any atom is -0.459 e. The van der Waals surface area contributed by atoms with Gasteiger partial charge in [-0.2, -0.15) is 0 Å². The molecule has 0 aliphatic rings. The summed E-state index contributed by atoms with van der Waals surface area (Å²) < 4.78 is 19.0. The van der Waals surface area contributed by atoms with Crippen LogP contribution in [0.1, 0.15) is 27.6 Å². The number of fused-ring (bicyclic) bond motifs is 1. The van der Waals surface area contributed by atoms with Crippen LogP contribution in [0, 0.1) is 5.82 Å². The van der Waals surface area contributed by atoms with Crippen molar-refractivity contribution in [3.8, 4) is 0 Å². The summed E-state index contributed by atoms with van der Waals surface area (Å²) in [6, 6.07) is 15.1. The predicted octanol–water partition coefficient (Wildman–Crippen LogP) is 4.78. The first-order valence-corrected chi connectivity index (χ1v) is 11.2. The van der Waals surface area contributed by atoms with E-state index >= 15 is 0 Å². The highest BCUT2D eigenvalue weighted by Crippen LogP contribution is 2.21. The molecule has 0 radical (unpaired) electrons. The molecule has 2 amide bonds. The van der Waals surface area contributed by atoms with Crippen LogP contribution in [0.15, 0.2) is 70.7 Å². The molecule has 0 aliphatic carbocycles. The highest BCUT2D eigenvalue weighted by molar-refractivity contribution is 7.14. The first-order chi connectivity index (χ1) is 16.5. The van der Waals surface area contributed by atoms with Crippen LogP contribution in [0.4, 0.5) is 15.2 Å². The SMILES string of the molecule is O=C(Cc1csc(NC(=O)c2ccco2)n1)Nc1ccc2nc(Cc3ccccc3F)[nH]c2c1. The monoisotopic (exact) mass is 475 g/mol. The number of thiazole rings is 1. The number of anilines is 2. The molecular formula is C24H18FN5O3S. The number of H-pyrrole nitrogens is 1. The van der Waals surface area contributed by atoms with E-state index in [0.29, 0.717) is 34.3 Å². The van der Waals surface area contributed by atoms with Crippen LogP contribution < -0.4 is 10.6 Å². The number of hydrogen-bond donors (Lipinski definition) is 3. The molecule has 0 spiro atoms. The van der Waals surface area contributed by atoms with Crippen molar-refractivity contribution in [3.63, 3.8) is 0 Å². The summed E-state index contributed by atoms with van der Waals surface area (Å²) in [5.41, 5.74) is 3.15. The molecule has 5 aromatic rings. The first kappa shape index (κ1) is 21.5. The average Bonchev–Trinajstić information content (AvgIpc) is 3.56. The second-order valence-electron chi connectivity index (χ2n) is 7.48. The molecule has 3 N–H and O–H groups in total. The largest absolute Gasteiger partial charge is 0.459 e. The van der Waals surface area contributed by atoms with Crippen LogP contribution in [0.3, 0.4) is 0 Å². The summed E-state index contributed by atoms with van der Waals surface area (Å²) in [6.07, 6.45) is 1.80. The van der Waals surface area contributed by atoms with Gasteiger partial charge in [0.25, 0.3) is 5.91 Å². The Morgan fingerprint density at radius 1 is 1.06 bits per heavy atom. The molecular weight excluding hydrogens is 457 g/mol. The van der Waals surface area contributed by atoms with Gasteiger partial charge in [0.2, 0.25) is 5.91 Å². The summed E-state index contributed by atoms with van der Waals surface area (Å²) in [5.74, 6) is -0.116. The van der Waals surface area contributed by atoms with Crippen molar-refractivity contribution in [2.45, 2.75) is 12.8 Å². The summed E-state index contributed by atoms with van der Waals surface area (Å²) in [5, 5.41) is 7.57. The average molecular weight is 476 g/mol. The fraction of sp³-hybridized carbons (Fsp3) is 0.0833. The van der Waals surface area contributed by atoms with E-state index in [4.69, 9.17) is 4.42 Å². The summed E-state index contributed by atoms with van der Waals surface area (Å²) >= 11 is 1.22. The Morgan fingerprint density at radius 2 is 1.94 bits per heavy atom. The smallest absolute Gasteiger partial charge is 0.293 e. The Balaban J connectivity index is 1.21. The van der Waals surface area contributed by atoms with Crippen molar-refractivity contribution in [1.82, 2.24) is 15.0 Å². The Morgan fingerprint density at radius 3 is 2.76 bits per heavy atom. The second kappa shape index (κ2) is 9.28. The topological polar surface area (TPSA) is 113 Å². The van der Waals surface area contributed by atoms with Gasteiger partial charge in [0.1, 0.15) is 11.6 Å². The van der Waals surface area contributed by atoms with Crippen molar-refractivity contribution < 1.29 is 18.4 Å². The van der Waals surface area contributed by atoms with Crippen LogP contribution in [0.25, 0.3) is 11.0 Å². The Labute approximate surface area is 196 Å². The quantitative estimate of drug-likeness (QED) is 0.314. The number of carbonyl (C=O) groups is 2. The number of nitrogens with zero attached hydrogens (tertiary/aromatic N) is 2. The van der Waals surface area contributed by atoms with E-state index in [1.165, 1.54) is 23.7 Å². The molecule has 3 heterocycles. The van der Waals surface area contributed by atoms with Crippen LogP contribution in [0.5, 0.6) is 0 Å². The summed E-state index contributed by atoms with van der Waals surface area (Å²) in [6.45, 7) is 0. The van der Waals surface area contributed by atoms with Gasteiger partial charge < -0.3 is 14.7 Å². The molecule has 0 bridgehead atoms. The van der Waals surface area contributed by atoms with Gasteiger partial charge in [-0.1, -0.05) is 18.2 Å². The van der Waals surface area contributed by atoms with Crippen molar-refractivity contribution in [2.24, 2.45) is 0 Å². The number of nitrogens with one attached hydrogen (secondary N) is 3. The van der Waals surface area contributed by atoms with Crippen molar-refractivity contribution in [3.05, 3.63) is 94.9 Å². The standard InChI is InChI=1S/C24H18FN5O3S/c25-17-5-2-1-4-14(17)10-21-28-18-8-7-15(11-19(18)29-21)26-22(31)12-16-13-34-24(27-16)30-23(32)20-6-3-9-33-20/h1-9,11,13H,10,12H2,(H,26,31)(H,28,29)(H,27,30,32). The third-order valence-electron chi connectivity index (χ3n) is 4.99. The van der Waals surface area contributed by atoms with Crippen LogP contribution in [-0.2, 0) is 17.6 Å². The molecule has 2 aromatic carbocycles. The molecule has 3 aromatic heterocycles. The molecule has 5 rings (SSSR count). The van der Waals surface area contributed by atoms with Gasteiger partial charge in [-0.3, -0.25) is 14.9 Å². The van der Waals surface area contributed by atoms with Gasteiger partial charge in [-0.05, 0) is 42.0 Å². The third kappa shape index (κ3) is 4.86. The van der Waals surface area contributed by atoms with Gasteiger partial charge in [0, 0.05) is 17.5 Å². The fourth-order valence-electron chi connectivity index (χ4n) is 3.43. The molecule has 0 fully saturated rings. The lowest BCUT2D eigenvalue weighted by atomic mass is 10.1. The number of hydrogen-bond acceptors (Lipinski definition) is 6. The number of rotatable bonds is 7. The molecule has 170 valence electrons. The molecule has 0 aliphatic heterocycles. The zero-order valence-corrected chi connectivity index (χ0v) is 18.5. The summed E-state index contributed by atoms with van der Waals surface area (Å²) in [4.78, 5) is 36.5. The number of aromatic amines is 1. The molecule has 10 heteroatoms. The number of amides is 2. The molecule has 0 atom stereocenters. The van der Waals surface area contributed by atoms with Crippen LogP contribution >= 0.6 is 11.3 Å². The molecule has 8 nitrogen and oxygen atoms in total. The van der Waals surface area contributed by atoms with Crippen molar-refractivity contribution in [2.75, 3.05) is 10.6 Å². The molecule has 0 saturated carbocycles. The fourth-order valence-corrected chi connectivity index (χ4v) is 4.13. The molecule has 34 heavy (non-hydrogen) atoms. The molecule has 0 unspecified atom stereocenters. The zero-order valence-electron chi connectivity index (χ0n) is 17.7. The number of carbonyl (C=O) groups excluding carboxylic acids is 2. The lowest BCUT2D eigenvalue weighted by Gasteiger charge is -2.04. The Hall–Kier alpha value is -4.31. The van der Waals surface area contributed by atoms with Crippen molar-refractivity contribution >= 4 is 45.0 Å². The maximum Gasteiger partial charge on any atom is 0.293 e. The highest BCUT2D eigenvalue weighted by Gasteiger charge is 2.14. The Kier molecular flexibility index (Phi) is 5.88. The van der Waals surface area contributed by atoms with E-state index in [0.717, 1.165) is 11.0 Å². The second-order valence-corrected chi connectivity index (χ2v) is 8.34. The number of imidazole rings is 1. The van der Waals surface area contributed by atoms with Gasteiger partial charge >= 0.3 is 0 Å². The van der Waals surface area contributed by atoms with E-state index in [9.17, 15) is 14.0 Å². The highest BCUT2D eigenvalue weighted by atomic mass is 32.1. The van der Waals surface area contributed by atoms with Gasteiger partial charge in [-0.15, -0.1) is 11.3 Å². The lowest BCUT2D eigenvalue weighted by molar-refractivity contribution is -0.115. The third-order valence-corrected chi connectivity index (χ3v) is 5.80. The van der Waals surface area contributed by atoms with E-state index in [-0.39, 0.29) is 23.9 Å². The minimum absolute atomic E-state index is 0.0483. The van der Waals surface area contributed by atoms with E-state index < -0.39 is 5.91 Å². The summed E-state index contributed by atoms with van der Waals surface area (Å²) in [7, 11) is 0. The minimum atomic E-state index is -0.405. The first-order valence-electron chi connectivity index (χ1n) is 10.3. The van der Waals surface area contributed by atoms with Gasteiger partial charge in [-0.25, -0.2) is 14.4 Å². The zero-order chi connectivity index (χ0) is 23.5. The van der Waals surface area contributed by atoms with E-state index in [2.05, 4.69) is 25.6 Å². The van der Waals surface area contributed by atoms with E-state index in [1.807, 2.05) is 0 Å². The predicted molar refractivity (Wildman–Crippen MR) is 126 cm³/mol. The van der Waals surface area contributed by atoms with Gasteiger partial charge in [0.15, 0.2) is 10.9 Å². The number of benzene rings is 2. The number of halogens is 1. The lowest BCUT2D eigenvalue weighted by Crippen LogP contribution is -2.15. The van der Waals surface area contributed by atoms with Crippen LogP contribution in [-0.4, -0.2) is 26.8 Å². The maximum absolute atomic E-state index is 13.9. The van der Waals surface area contributed by atoms with E-state index in [1.54, 1.807) is 53.9 Å². The van der Waals surface area contributed by atoms with Crippen molar-refractivity contribution in [1.29, 1.82) is 0 Å². The Bertz CT molecular complexity index is 1480.